The summed E-state index contributed by atoms with van der Waals surface area (Å²) in [7, 11) is 0. The minimum Gasteiger partial charge on any atom is -0.442 e. The maximum absolute atomic E-state index is 14.8. The molecule has 0 radical (unpaired) electrons. The predicted molar refractivity (Wildman–Crippen MR) is 114 cm³/mol. The number of hydrogen-bond donors (Lipinski definition) is 2. The Kier molecular flexibility index (Phi) is 6.17. The molecule has 0 spiro atoms. The van der Waals surface area contributed by atoms with E-state index in [1.807, 2.05) is 24.3 Å². The summed E-state index contributed by atoms with van der Waals surface area (Å²) < 4.78 is 20.1. The zero-order valence-electron chi connectivity index (χ0n) is 16.7. The number of amides is 2. The summed E-state index contributed by atoms with van der Waals surface area (Å²) in [5.41, 5.74) is 2.69. The Morgan fingerprint density at radius 2 is 2.13 bits per heavy atom. The molecule has 0 saturated carbocycles. The Bertz CT molecular complexity index is 1080. The van der Waals surface area contributed by atoms with Crippen LogP contribution in [-0.2, 0) is 15.3 Å². The molecule has 1 aliphatic heterocycles. The standard InChI is InChI=1S/C21H20FN5O3S/c1-13(28)23-9-17-11-27(21(29)30-17)16-6-7-18(19(22)8-16)15-4-2-14(3-5-15)12-31-20-10-24-26-25-20/h2-8,10,17H,9,11-12H2,1H3,(H,23,28)(H,24,25,26)/t17-/m0/s1. The van der Waals surface area contributed by atoms with Crippen LogP contribution in [0.15, 0.2) is 53.7 Å². The Morgan fingerprint density at radius 3 is 2.81 bits per heavy atom. The van der Waals surface area contributed by atoms with Crippen LogP contribution in [-0.4, -0.2) is 46.6 Å². The molecule has 2 heterocycles. The molecule has 2 N–H and O–H groups in total. The summed E-state index contributed by atoms with van der Waals surface area (Å²) in [6.45, 7) is 1.86. The summed E-state index contributed by atoms with van der Waals surface area (Å²) in [5.74, 6) is 0.108. The predicted octanol–water partition coefficient (Wildman–Crippen LogP) is 3.36. The molecule has 10 heteroatoms. The van der Waals surface area contributed by atoms with E-state index in [4.69, 9.17) is 4.74 Å². The van der Waals surface area contributed by atoms with Crippen molar-refractivity contribution in [3.63, 3.8) is 0 Å². The normalized spacial score (nSPS) is 15.7. The summed E-state index contributed by atoms with van der Waals surface area (Å²) in [6.07, 6.45) is 0.632. The van der Waals surface area contributed by atoms with Gasteiger partial charge in [-0.3, -0.25) is 14.8 Å². The highest BCUT2D eigenvalue weighted by molar-refractivity contribution is 7.98. The van der Waals surface area contributed by atoms with Crippen molar-refractivity contribution in [1.29, 1.82) is 0 Å². The minimum absolute atomic E-state index is 0.201. The van der Waals surface area contributed by atoms with Crippen molar-refractivity contribution in [3.8, 4) is 11.1 Å². The third-order valence-electron chi connectivity index (χ3n) is 4.77. The first kappa shape index (κ1) is 20.9. The van der Waals surface area contributed by atoms with Crippen LogP contribution >= 0.6 is 11.8 Å². The molecule has 0 aliphatic carbocycles. The monoisotopic (exact) mass is 441 g/mol. The van der Waals surface area contributed by atoms with Gasteiger partial charge in [-0.1, -0.05) is 29.5 Å². The molecule has 31 heavy (non-hydrogen) atoms. The van der Waals surface area contributed by atoms with Gasteiger partial charge in [-0.05, 0) is 29.3 Å². The average Bonchev–Trinajstić information content (AvgIpc) is 3.41. The van der Waals surface area contributed by atoms with E-state index < -0.39 is 18.0 Å². The first-order valence-electron chi connectivity index (χ1n) is 9.60. The fraction of sp³-hybridized carbons (Fsp3) is 0.238. The fourth-order valence-electron chi connectivity index (χ4n) is 3.20. The molecule has 1 atom stereocenters. The molecule has 4 rings (SSSR count). The number of anilines is 1. The van der Waals surface area contributed by atoms with Crippen LogP contribution in [0, 0.1) is 5.82 Å². The molecular formula is C21H20FN5O3S. The summed E-state index contributed by atoms with van der Waals surface area (Å²) >= 11 is 1.58. The molecule has 0 bridgehead atoms. The molecule has 0 unspecified atom stereocenters. The molecule has 1 aromatic heterocycles. The molecule has 160 valence electrons. The van der Waals surface area contributed by atoms with Gasteiger partial charge >= 0.3 is 6.09 Å². The second kappa shape index (κ2) is 9.17. The first-order valence-corrected chi connectivity index (χ1v) is 10.6. The van der Waals surface area contributed by atoms with Gasteiger partial charge < -0.3 is 10.1 Å². The molecule has 1 saturated heterocycles. The Morgan fingerprint density at radius 1 is 1.32 bits per heavy atom. The highest BCUT2D eigenvalue weighted by Gasteiger charge is 2.32. The Balaban J connectivity index is 1.42. The third kappa shape index (κ3) is 5.02. The number of halogens is 1. The van der Waals surface area contributed by atoms with Gasteiger partial charge in [-0.25, -0.2) is 9.18 Å². The van der Waals surface area contributed by atoms with Gasteiger partial charge in [0.25, 0.3) is 0 Å². The number of nitrogens with zero attached hydrogens (tertiary/aromatic N) is 3. The van der Waals surface area contributed by atoms with Crippen molar-refractivity contribution in [2.45, 2.75) is 23.8 Å². The van der Waals surface area contributed by atoms with Crippen LogP contribution in [0.2, 0.25) is 0 Å². The van der Waals surface area contributed by atoms with E-state index in [0.29, 0.717) is 11.3 Å². The molecule has 1 fully saturated rings. The number of aromatic nitrogens is 3. The number of rotatable bonds is 7. The number of nitrogens with one attached hydrogen (secondary N) is 2. The number of ether oxygens (including phenoxy) is 1. The maximum atomic E-state index is 14.8. The Labute approximate surface area is 182 Å². The third-order valence-corrected chi connectivity index (χ3v) is 5.75. The zero-order valence-corrected chi connectivity index (χ0v) is 17.5. The molecule has 1 aliphatic rings. The van der Waals surface area contributed by atoms with Crippen LogP contribution in [0.1, 0.15) is 12.5 Å². The average molecular weight is 441 g/mol. The molecule has 3 aromatic rings. The molecular weight excluding hydrogens is 421 g/mol. The van der Waals surface area contributed by atoms with Crippen molar-refractivity contribution >= 4 is 29.4 Å². The van der Waals surface area contributed by atoms with Crippen molar-refractivity contribution in [3.05, 3.63) is 60.0 Å². The van der Waals surface area contributed by atoms with Gasteiger partial charge in [0.15, 0.2) is 0 Å². The highest BCUT2D eigenvalue weighted by Crippen LogP contribution is 2.30. The van der Waals surface area contributed by atoms with Crippen molar-refractivity contribution in [1.82, 2.24) is 20.7 Å². The number of cyclic esters (lactones) is 1. The number of carbonyl (C=O) groups is 2. The van der Waals surface area contributed by atoms with Crippen LogP contribution in [0.3, 0.4) is 0 Å². The van der Waals surface area contributed by atoms with E-state index in [-0.39, 0.29) is 19.0 Å². The second-order valence-electron chi connectivity index (χ2n) is 7.02. The lowest BCUT2D eigenvalue weighted by molar-refractivity contribution is -0.119. The second-order valence-corrected chi connectivity index (χ2v) is 8.04. The lowest BCUT2D eigenvalue weighted by Crippen LogP contribution is -2.33. The van der Waals surface area contributed by atoms with Crippen LogP contribution in [0.4, 0.5) is 14.9 Å². The minimum atomic E-state index is -0.558. The number of aromatic amines is 1. The van der Waals surface area contributed by atoms with Gasteiger partial charge in [0, 0.05) is 18.2 Å². The van der Waals surface area contributed by atoms with Crippen molar-refractivity contribution in [2.24, 2.45) is 0 Å². The van der Waals surface area contributed by atoms with E-state index in [1.165, 1.54) is 17.9 Å². The van der Waals surface area contributed by atoms with E-state index >= 15 is 0 Å². The molecule has 2 amide bonds. The number of H-pyrrole nitrogens is 1. The van der Waals surface area contributed by atoms with E-state index in [0.717, 1.165) is 21.9 Å². The number of hydrogen-bond acceptors (Lipinski definition) is 6. The SMILES string of the molecule is CC(=O)NC[C@H]1CN(c2ccc(-c3ccc(CSc4cnn[nH]4)cc3)c(F)c2)C(=O)O1. The lowest BCUT2D eigenvalue weighted by atomic mass is 10.0. The van der Waals surface area contributed by atoms with Crippen LogP contribution in [0.5, 0.6) is 0 Å². The highest BCUT2D eigenvalue weighted by atomic mass is 32.2. The topological polar surface area (TPSA) is 100 Å². The largest absolute Gasteiger partial charge is 0.442 e. The number of carbonyl (C=O) groups excluding carboxylic acids is 2. The summed E-state index contributed by atoms with van der Waals surface area (Å²) in [4.78, 5) is 24.5. The lowest BCUT2D eigenvalue weighted by Gasteiger charge is -2.14. The number of benzene rings is 2. The van der Waals surface area contributed by atoms with E-state index in [1.54, 1.807) is 30.1 Å². The van der Waals surface area contributed by atoms with Crippen LogP contribution < -0.4 is 10.2 Å². The van der Waals surface area contributed by atoms with Gasteiger partial charge in [0.1, 0.15) is 16.9 Å². The van der Waals surface area contributed by atoms with Gasteiger partial charge in [0.05, 0.1) is 25.0 Å². The van der Waals surface area contributed by atoms with Gasteiger partial charge in [0.2, 0.25) is 5.91 Å². The maximum Gasteiger partial charge on any atom is 0.414 e. The quantitative estimate of drug-likeness (QED) is 0.546. The summed E-state index contributed by atoms with van der Waals surface area (Å²) in [5, 5.41) is 13.7. The van der Waals surface area contributed by atoms with Gasteiger partial charge in [-0.2, -0.15) is 0 Å². The van der Waals surface area contributed by atoms with Crippen LogP contribution in [0.25, 0.3) is 11.1 Å². The summed E-state index contributed by atoms with van der Waals surface area (Å²) in [6, 6.07) is 12.3. The van der Waals surface area contributed by atoms with Gasteiger partial charge in [-0.15, -0.1) is 16.9 Å². The molecule has 8 nitrogen and oxygen atoms in total. The fourth-order valence-corrected chi connectivity index (χ4v) is 3.94. The van der Waals surface area contributed by atoms with Crippen molar-refractivity contribution in [2.75, 3.05) is 18.0 Å². The molecule has 2 aromatic carbocycles. The zero-order chi connectivity index (χ0) is 21.8. The Hall–Kier alpha value is -3.40. The van der Waals surface area contributed by atoms with E-state index in [2.05, 4.69) is 20.7 Å². The van der Waals surface area contributed by atoms with Crippen molar-refractivity contribution < 1.29 is 18.7 Å². The first-order chi connectivity index (χ1) is 15.0. The number of thioether (sulfide) groups is 1. The smallest absolute Gasteiger partial charge is 0.414 e. The van der Waals surface area contributed by atoms with E-state index in [9.17, 15) is 14.0 Å².